The van der Waals surface area contributed by atoms with E-state index in [2.05, 4.69) is 16.7 Å². The molecule has 0 aromatic rings. The molecule has 0 aromatic heterocycles. The van der Waals surface area contributed by atoms with Gasteiger partial charge in [-0.05, 0) is 37.0 Å². The number of hydrogen-bond acceptors (Lipinski definition) is 10. The van der Waals surface area contributed by atoms with E-state index in [-0.39, 0.29) is 25.4 Å². The number of ether oxygens (including phenoxy) is 3. The van der Waals surface area contributed by atoms with Crippen LogP contribution in [0, 0.1) is 29.6 Å². The third-order valence-electron chi connectivity index (χ3n) is 5.90. The molecule has 2 unspecified atom stereocenters. The van der Waals surface area contributed by atoms with Gasteiger partial charge in [0.1, 0.15) is 6.61 Å². The van der Waals surface area contributed by atoms with Crippen molar-refractivity contribution < 1.29 is 38.2 Å². The predicted molar refractivity (Wildman–Crippen MR) is 126 cm³/mol. The topological polar surface area (TPSA) is 108 Å². The number of nitrogens with zero attached hydrogens (tertiary/aromatic N) is 1. The molecule has 0 N–H and O–H groups in total. The van der Waals surface area contributed by atoms with Crippen molar-refractivity contribution in [3.8, 4) is 11.8 Å². The van der Waals surface area contributed by atoms with Crippen LogP contribution in [0.25, 0.3) is 0 Å². The number of carbonyl (C=O) groups excluding carboxylic acids is 4. The van der Waals surface area contributed by atoms with Crippen LogP contribution in [0.3, 0.4) is 0 Å². The Bertz CT molecular complexity index is 762. The second-order valence-corrected chi connectivity index (χ2v) is 10.9. The van der Waals surface area contributed by atoms with Crippen LogP contribution >= 0.6 is 21.6 Å². The Morgan fingerprint density at radius 3 is 2.24 bits per heavy atom. The second-order valence-electron chi connectivity index (χ2n) is 8.24. The van der Waals surface area contributed by atoms with E-state index in [0.29, 0.717) is 61.2 Å². The Balaban J connectivity index is 1.07. The Labute approximate surface area is 207 Å². The van der Waals surface area contributed by atoms with E-state index in [4.69, 9.17) is 14.2 Å². The molecule has 2 fully saturated rings. The van der Waals surface area contributed by atoms with Crippen molar-refractivity contribution in [1.82, 2.24) is 5.06 Å². The van der Waals surface area contributed by atoms with Crippen molar-refractivity contribution >= 4 is 45.5 Å². The van der Waals surface area contributed by atoms with Gasteiger partial charge in [0.15, 0.2) is 0 Å². The van der Waals surface area contributed by atoms with Crippen molar-refractivity contribution in [2.45, 2.75) is 51.4 Å². The van der Waals surface area contributed by atoms with Gasteiger partial charge in [0.05, 0.1) is 13.2 Å². The molecule has 0 spiro atoms. The predicted octanol–water partition coefficient (Wildman–Crippen LogP) is 3.36. The lowest BCUT2D eigenvalue weighted by Gasteiger charge is -2.12. The lowest BCUT2D eigenvalue weighted by Crippen LogP contribution is -2.32. The lowest BCUT2D eigenvalue weighted by molar-refractivity contribution is -0.176. The smallest absolute Gasteiger partial charge is 0.465 e. The number of carbonyl (C=O) groups is 4. The van der Waals surface area contributed by atoms with Crippen LogP contribution in [0.1, 0.15) is 51.4 Å². The molecule has 0 aromatic carbocycles. The number of hydroxylamine groups is 2. The summed E-state index contributed by atoms with van der Waals surface area (Å²) in [4.78, 5) is 50.7. The molecule has 2 amide bonds. The highest BCUT2D eigenvalue weighted by Gasteiger charge is 2.49. The first-order valence-electron chi connectivity index (χ1n) is 11.7. The number of amides is 2. The van der Waals surface area contributed by atoms with Crippen LogP contribution in [0.4, 0.5) is 4.79 Å². The Morgan fingerprint density at radius 2 is 1.56 bits per heavy atom. The van der Waals surface area contributed by atoms with E-state index < -0.39 is 18.0 Å². The van der Waals surface area contributed by atoms with Gasteiger partial charge < -0.3 is 14.2 Å². The number of fused-ring (bicyclic) bond motifs is 1. The number of rotatable bonds is 14. The highest BCUT2D eigenvalue weighted by molar-refractivity contribution is 8.76. The summed E-state index contributed by atoms with van der Waals surface area (Å²) >= 11 is 0. The summed E-state index contributed by atoms with van der Waals surface area (Å²) in [5.41, 5.74) is 0. The molecular formula is C23H31NO8S2. The zero-order chi connectivity index (χ0) is 24.2. The van der Waals surface area contributed by atoms with Gasteiger partial charge in [-0.2, -0.15) is 0 Å². The van der Waals surface area contributed by atoms with E-state index in [1.165, 1.54) is 10.8 Å². The first-order valence-corrected chi connectivity index (χ1v) is 14.2. The first-order chi connectivity index (χ1) is 16.6. The summed E-state index contributed by atoms with van der Waals surface area (Å²) in [5, 5.41) is 0.456. The van der Waals surface area contributed by atoms with Crippen LogP contribution in [0.15, 0.2) is 0 Å². The maximum atomic E-state index is 11.9. The first kappa shape index (κ1) is 26.7. The Kier molecular flexibility index (Phi) is 11.4. The van der Waals surface area contributed by atoms with Gasteiger partial charge in [0.2, 0.25) is 0 Å². The molecule has 11 heteroatoms. The van der Waals surface area contributed by atoms with E-state index in [1.54, 1.807) is 10.8 Å². The molecule has 1 heterocycles. The maximum Gasteiger partial charge on any atom is 0.533 e. The average molecular weight is 514 g/mol. The van der Waals surface area contributed by atoms with Gasteiger partial charge in [-0.15, -0.1) is 11.8 Å². The van der Waals surface area contributed by atoms with E-state index in [9.17, 15) is 19.2 Å². The molecule has 9 nitrogen and oxygen atoms in total. The molecule has 2 atom stereocenters. The van der Waals surface area contributed by atoms with Gasteiger partial charge in [-0.1, -0.05) is 26.7 Å². The Morgan fingerprint density at radius 1 is 0.912 bits per heavy atom. The van der Waals surface area contributed by atoms with Crippen molar-refractivity contribution in [2.75, 3.05) is 37.9 Å². The van der Waals surface area contributed by atoms with Gasteiger partial charge in [-0.3, -0.25) is 19.2 Å². The third-order valence-corrected chi connectivity index (χ3v) is 8.23. The summed E-state index contributed by atoms with van der Waals surface area (Å²) in [7, 11) is 3.08. The normalized spacial score (nSPS) is 23.3. The molecule has 0 radical (unpaired) electrons. The van der Waals surface area contributed by atoms with Crippen LogP contribution in [0.2, 0.25) is 0 Å². The highest BCUT2D eigenvalue weighted by Crippen LogP contribution is 2.52. The van der Waals surface area contributed by atoms with E-state index >= 15 is 0 Å². The van der Waals surface area contributed by atoms with E-state index in [0.717, 1.165) is 31.4 Å². The molecule has 3 aliphatic rings. The fourth-order valence-electron chi connectivity index (χ4n) is 4.09. The second kappa shape index (κ2) is 14.5. The highest BCUT2D eigenvalue weighted by atomic mass is 33.1. The fourth-order valence-corrected chi connectivity index (χ4v) is 5.78. The molecule has 3 rings (SSSR count). The monoisotopic (exact) mass is 513 g/mol. The standard InChI is InChI=1S/C23H31NO8S2/c25-20-9-10-21(26)24(20)32-23(28)30-13-15-34-33-14-12-29-11-5-8-22(27)31-16-19-17-6-3-1-2-4-7-18(17)19/h17-19H,3-16H2. The molecule has 1 aliphatic heterocycles. The van der Waals surface area contributed by atoms with Crippen molar-refractivity contribution in [1.29, 1.82) is 0 Å². The lowest BCUT2D eigenvalue weighted by atomic mass is 10.1. The molecular weight excluding hydrogens is 482 g/mol. The van der Waals surface area contributed by atoms with Crippen LogP contribution in [-0.2, 0) is 33.4 Å². The van der Waals surface area contributed by atoms with Gasteiger partial charge in [0.25, 0.3) is 11.8 Å². The van der Waals surface area contributed by atoms with Crippen molar-refractivity contribution in [3.63, 3.8) is 0 Å². The van der Waals surface area contributed by atoms with Crippen molar-refractivity contribution in [3.05, 3.63) is 0 Å². The number of hydrogen-bond donors (Lipinski definition) is 0. The summed E-state index contributed by atoms with van der Waals surface area (Å²) < 4.78 is 15.8. The molecule has 1 saturated heterocycles. The SMILES string of the molecule is O=C(CCCOCCSSCCOC(=O)ON1C(=O)CCC1=O)OCC1C2CCC#CCCC21. The molecule has 34 heavy (non-hydrogen) atoms. The molecule has 0 bridgehead atoms. The molecule has 2 aliphatic carbocycles. The maximum absolute atomic E-state index is 11.9. The zero-order valence-corrected chi connectivity index (χ0v) is 20.8. The third kappa shape index (κ3) is 9.04. The van der Waals surface area contributed by atoms with Crippen molar-refractivity contribution in [2.24, 2.45) is 17.8 Å². The minimum Gasteiger partial charge on any atom is -0.465 e. The number of esters is 1. The quantitative estimate of drug-likeness (QED) is 0.113. The zero-order valence-electron chi connectivity index (χ0n) is 19.2. The van der Waals surface area contributed by atoms with Crippen LogP contribution < -0.4 is 0 Å². The summed E-state index contributed by atoms with van der Waals surface area (Å²) in [6.07, 6.45) is 4.23. The average Bonchev–Trinajstić information content (AvgIpc) is 3.35. The van der Waals surface area contributed by atoms with Crippen LogP contribution in [-0.4, -0.2) is 66.9 Å². The van der Waals surface area contributed by atoms with Gasteiger partial charge >= 0.3 is 12.1 Å². The Hall–Kier alpha value is -1.90. The minimum absolute atomic E-state index is 0.0441. The van der Waals surface area contributed by atoms with Crippen LogP contribution in [0.5, 0.6) is 0 Å². The minimum atomic E-state index is -1.06. The largest absolute Gasteiger partial charge is 0.533 e. The fraction of sp³-hybridized carbons (Fsp3) is 0.739. The number of imide groups is 1. The van der Waals surface area contributed by atoms with Gasteiger partial charge in [-0.25, -0.2) is 4.79 Å². The summed E-state index contributed by atoms with van der Waals surface area (Å²) in [6, 6.07) is 0. The summed E-state index contributed by atoms with van der Waals surface area (Å²) in [6.45, 7) is 1.71. The molecule has 1 saturated carbocycles. The molecule has 188 valence electrons. The summed E-state index contributed by atoms with van der Waals surface area (Å²) in [5.74, 6) is 8.33. The van der Waals surface area contributed by atoms with E-state index in [1.807, 2.05) is 0 Å². The van der Waals surface area contributed by atoms with Gasteiger partial charge in [0, 0.05) is 50.2 Å².